The predicted molar refractivity (Wildman–Crippen MR) is 91.0 cm³/mol. The summed E-state index contributed by atoms with van der Waals surface area (Å²) in [5, 5.41) is 11.2. The molecular formula is C14H16BrN3OS2. The number of amides is 1. The van der Waals surface area contributed by atoms with Gasteiger partial charge in [0.15, 0.2) is 0 Å². The van der Waals surface area contributed by atoms with Crippen LogP contribution in [-0.2, 0) is 0 Å². The van der Waals surface area contributed by atoms with E-state index in [1.54, 1.807) is 11.3 Å². The highest BCUT2D eigenvalue weighted by Crippen LogP contribution is 2.32. The minimum absolute atomic E-state index is 0.0631. The van der Waals surface area contributed by atoms with E-state index in [1.165, 1.54) is 11.3 Å². The van der Waals surface area contributed by atoms with Gasteiger partial charge in [-0.2, -0.15) is 0 Å². The molecule has 4 nitrogen and oxygen atoms in total. The lowest BCUT2D eigenvalue weighted by atomic mass is 9.95. The van der Waals surface area contributed by atoms with Crippen LogP contribution in [0.25, 0.3) is 9.88 Å². The molecule has 3 rings (SSSR count). The summed E-state index contributed by atoms with van der Waals surface area (Å²) in [6, 6.07) is 2.26. The van der Waals surface area contributed by atoms with Crippen LogP contribution in [0.1, 0.15) is 23.8 Å². The van der Waals surface area contributed by atoms with E-state index < -0.39 is 0 Å². The first-order chi connectivity index (χ1) is 10.1. The topological polar surface area (TPSA) is 54.0 Å². The van der Waals surface area contributed by atoms with E-state index in [9.17, 15) is 4.79 Å². The molecule has 2 aromatic rings. The molecule has 1 aliphatic rings. The van der Waals surface area contributed by atoms with Crippen LogP contribution >= 0.6 is 38.6 Å². The van der Waals surface area contributed by atoms with Crippen LogP contribution in [0.5, 0.6) is 0 Å². The molecule has 1 amide bonds. The minimum atomic E-state index is -0.0631. The molecule has 1 saturated heterocycles. The van der Waals surface area contributed by atoms with Crippen molar-refractivity contribution in [1.82, 2.24) is 15.6 Å². The molecule has 0 aromatic carbocycles. The predicted octanol–water partition coefficient (Wildman–Crippen LogP) is 3.36. The number of carbonyl (C=O) groups excluding carboxylic acids is 1. The maximum absolute atomic E-state index is 12.3. The van der Waals surface area contributed by atoms with Crippen molar-refractivity contribution in [2.45, 2.75) is 19.4 Å². The van der Waals surface area contributed by atoms with Crippen molar-refractivity contribution in [3.63, 3.8) is 0 Å². The fraction of sp³-hybridized carbons (Fsp3) is 0.429. The smallest absolute Gasteiger partial charge is 0.271 e. The second-order valence-electron chi connectivity index (χ2n) is 5.22. The number of halogens is 1. The Labute approximate surface area is 140 Å². The number of hydrogen-bond acceptors (Lipinski definition) is 5. The van der Waals surface area contributed by atoms with Gasteiger partial charge in [-0.1, -0.05) is 6.92 Å². The first-order valence-corrected chi connectivity index (χ1v) is 9.40. The maximum atomic E-state index is 12.3. The summed E-state index contributed by atoms with van der Waals surface area (Å²) in [4.78, 5) is 17.9. The summed E-state index contributed by atoms with van der Waals surface area (Å²) in [6.07, 6.45) is 0.974. The van der Waals surface area contributed by atoms with Gasteiger partial charge < -0.3 is 10.6 Å². The first-order valence-electron chi connectivity index (χ1n) is 6.85. The first kappa shape index (κ1) is 15.1. The molecule has 7 heteroatoms. The Kier molecular flexibility index (Phi) is 4.73. The van der Waals surface area contributed by atoms with Crippen LogP contribution in [0.2, 0.25) is 0 Å². The van der Waals surface area contributed by atoms with Gasteiger partial charge >= 0.3 is 0 Å². The number of thiazole rings is 1. The monoisotopic (exact) mass is 385 g/mol. The van der Waals surface area contributed by atoms with E-state index in [0.717, 1.165) is 33.9 Å². The van der Waals surface area contributed by atoms with Crippen molar-refractivity contribution in [3.8, 4) is 9.88 Å². The van der Waals surface area contributed by atoms with E-state index in [1.807, 2.05) is 16.8 Å². The molecule has 0 saturated carbocycles. The van der Waals surface area contributed by atoms with Crippen LogP contribution < -0.4 is 10.6 Å². The maximum Gasteiger partial charge on any atom is 0.271 e. The van der Waals surface area contributed by atoms with Gasteiger partial charge in [0.05, 0.1) is 4.88 Å². The van der Waals surface area contributed by atoms with Gasteiger partial charge in [0.25, 0.3) is 5.91 Å². The zero-order valence-electron chi connectivity index (χ0n) is 11.6. The van der Waals surface area contributed by atoms with Crippen molar-refractivity contribution in [2.24, 2.45) is 5.92 Å². The third-order valence-electron chi connectivity index (χ3n) is 3.62. The van der Waals surface area contributed by atoms with E-state index in [2.05, 4.69) is 38.5 Å². The fourth-order valence-corrected chi connectivity index (χ4v) is 4.69. The Bertz CT molecular complexity index is 640. The molecule has 3 heterocycles. The number of rotatable bonds is 3. The highest BCUT2D eigenvalue weighted by Gasteiger charge is 2.24. The van der Waals surface area contributed by atoms with Gasteiger partial charge in [0.1, 0.15) is 10.7 Å². The van der Waals surface area contributed by atoms with Crippen LogP contribution in [0.3, 0.4) is 0 Å². The zero-order valence-corrected chi connectivity index (χ0v) is 14.8. The zero-order chi connectivity index (χ0) is 14.8. The van der Waals surface area contributed by atoms with Crippen LogP contribution in [0.15, 0.2) is 21.3 Å². The number of piperidine rings is 1. The molecule has 2 atom stereocenters. The standard InChI is InChI=1S/C14H16BrN3OS2/c1-8-5-16-3-2-10(8)17-13(19)11-7-21-14(18-11)12-4-9(15)6-20-12/h4,6-8,10,16H,2-3,5H2,1H3,(H,17,19). The van der Waals surface area contributed by atoms with Gasteiger partial charge in [0, 0.05) is 21.3 Å². The average molecular weight is 386 g/mol. The van der Waals surface area contributed by atoms with Gasteiger partial charge in [-0.05, 0) is 47.4 Å². The van der Waals surface area contributed by atoms with Gasteiger partial charge in [0.2, 0.25) is 0 Å². The molecule has 2 aromatic heterocycles. The van der Waals surface area contributed by atoms with Gasteiger partial charge in [-0.15, -0.1) is 22.7 Å². The largest absolute Gasteiger partial charge is 0.348 e. The average Bonchev–Trinajstić information content (AvgIpc) is 3.10. The van der Waals surface area contributed by atoms with E-state index in [0.29, 0.717) is 11.6 Å². The Hall–Kier alpha value is -0.760. The van der Waals surface area contributed by atoms with E-state index in [4.69, 9.17) is 0 Å². The van der Waals surface area contributed by atoms with Crippen LogP contribution in [0, 0.1) is 5.92 Å². The molecule has 0 spiro atoms. The number of thiophene rings is 1. The number of hydrogen-bond donors (Lipinski definition) is 2. The second kappa shape index (κ2) is 6.56. The van der Waals surface area contributed by atoms with E-state index in [-0.39, 0.29) is 11.9 Å². The Morgan fingerprint density at radius 1 is 1.48 bits per heavy atom. The quantitative estimate of drug-likeness (QED) is 0.851. The molecule has 21 heavy (non-hydrogen) atoms. The molecule has 1 fully saturated rings. The molecular weight excluding hydrogens is 370 g/mol. The third-order valence-corrected chi connectivity index (χ3v) is 6.32. The lowest BCUT2D eigenvalue weighted by Crippen LogP contribution is -2.48. The molecule has 0 aliphatic carbocycles. The Balaban J connectivity index is 1.69. The summed E-state index contributed by atoms with van der Waals surface area (Å²) >= 11 is 6.58. The molecule has 2 N–H and O–H groups in total. The molecule has 0 bridgehead atoms. The second-order valence-corrected chi connectivity index (χ2v) is 7.90. The summed E-state index contributed by atoms with van der Waals surface area (Å²) in [5.41, 5.74) is 0.519. The third kappa shape index (κ3) is 3.53. The van der Waals surface area contributed by atoms with Gasteiger partial charge in [-0.25, -0.2) is 4.98 Å². The SMILES string of the molecule is CC1CNCCC1NC(=O)c1csc(-c2cc(Br)cs2)n1. The number of carbonyl (C=O) groups is 1. The number of nitrogens with one attached hydrogen (secondary N) is 2. The number of aromatic nitrogens is 1. The normalized spacial score (nSPS) is 22.2. The van der Waals surface area contributed by atoms with Crippen LogP contribution in [-0.4, -0.2) is 30.0 Å². The highest BCUT2D eigenvalue weighted by molar-refractivity contribution is 9.10. The molecule has 112 valence electrons. The molecule has 2 unspecified atom stereocenters. The summed E-state index contributed by atoms with van der Waals surface area (Å²) < 4.78 is 1.05. The van der Waals surface area contributed by atoms with Crippen LogP contribution in [0.4, 0.5) is 0 Å². The molecule has 1 aliphatic heterocycles. The minimum Gasteiger partial charge on any atom is -0.348 e. The van der Waals surface area contributed by atoms with Crippen molar-refractivity contribution in [1.29, 1.82) is 0 Å². The fourth-order valence-electron chi connectivity index (χ4n) is 2.39. The van der Waals surface area contributed by atoms with Gasteiger partial charge in [-0.3, -0.25) is 4.79 Å². The van der Waals surface area contributed by atoms with Crippen molar-refractivity contribution in [3.05, 3.63) is 27.0 Å². The Morgan fingerprint density at radius 2 is 2.33 bits per heavy atom. The van der Waals surface area contributed by atoms with Crippen molar-refractivity contribution >= 4 is 44.5 Å². The summed E-state index contributed by atoms with van der Waals surface area (Å²) in [5.74, 6) is 0.390. The highest BCUT2D eigenvalue weighted by atomic mass is 79.9. The number of nitrogens with zero attached hydrogens (tertiary/aromatic N) is 1. The van der Waals surface area contributed by atoms with Crippen molar-refractivity contribution < 1.29 is 4.79 Å². The summed E-state index contributed by atoms with van der Waals surface area (Å²) in [6.45, 7) is 4.07. The van der Waals surface area contributed by atoms with Crippen molar-refractivity contribution in [2.75, 3.05) is 13.1 Å². The lowest BCUT2D eigenvalue weighted by Gasteiger charge is -2.29. The molecule has 0 radical (unpaired) electrons. The summed E-state index contributed by atoms with van der Waals surface area (Å²) in [7, 11) is 0. The van der Waals surface area contributed by atoms with E-state index >= 15 is 0 Å². The Morgan fingerprint density at radius 3 is 3.05 bits per heavy atom. The lowest BCUT2D eigenvalue weighted by molar-refractivity contribution is 0.0910.